The SMILES string of the molecule is C=C(C)CN=C(NCCc1ccco1)N1CCCC(n2cc(C(=O)OCC)cn2)C1.I. The van der Waals surface area contributed by atoms with Crippen LogP contribution in [0.5, 0.6) is 0 Å². The number of nitrogens with one attached hydrogen (secondary N) is 1. The predicted octanol–water partition coefficient (Wildman–Crippen LogP) is 3.67. The summed E-state index contributed by atoms with van der Waals surface area (Å²) in [5.41, 5.74) is 1.50. The second-order valence-electron chi connectivity index (χ2n) is 7.52. The molecule has 0 radical (unpaired) electrons. The lowest BCUT2D eigenvalue weighted by Crippen LogP contribution is -2.47. The molecule has 1 aliphatic rings. The Hall–Kier alpha value is -2.30. The van der Waals surface area contributed by atoms with Gasteiger partial charge in [0.05, 0.1) is 37.2 Å². The number of hydrogen-bond acceptors (Lipinski definition) is 5. The molecule has 0 spiro atoms. The van der Waals surface area contributed by atoms with Gasteiger partial charge in [0.2, 0.25) is 0 Å². The molecule has 1 atom stereocenters. The van der Waals surface area contributed by atoms with Crippen LogP contribution in [-0.2, 0) is 11.2 Å². The van der Waals surface area contributed by atoms with Crippen molar-refractivity contribution in [3.05, 3.63) is 54.3 Å². The minimum atomic E-state index is -0.334. The lowest BCUT2D eigenvalue weighted by molar-refractivity contribution is 0.0526. The average molecular weight is 541 g/mol. The highest BCUT2D eigenvalue weighted by atomic mass is 127. The standard InChI is InChI=1S/C22H31N5O3.HI/c1-4-29-21(28)18-14-25-27(15-18)19-7-5-11-26(16-19)22(24-13-17(2)3)23-10-9-20-8-6-12-30-20;/h6,8,12,14-15,19H,2,4-5,7,9-11,13,16H2,1,3H3,(H,23,24);1H. The Morgan fingerprint density at radius 3 is 3.03 bits per heavy atom. The minimum Gasteiger partial charge on any atom is -0.469 e. The number of rotatable bonds is 8. The summed E-state index contributed by atoms with van der Waals surface area (Å²) in [5.74, 6) is 1.48. The topological polar surface area (TPSA) is 84.9 Å². The molecule has 9 heteroatoms. The molecule has 31 heavy (non-hydrogen) atoms. The zero-order valence-electron chi connectivity index (χ0n) is 18.2. The fraction of sp³-hybridized carbons (Fsp3) is 0.500. The van der Waals surface area contributed by atoms with Crippen molar-refractivity contribution >= 4 is 35.9 Å². The van der Waals surface area contributed by atoms with Crippen LogP contribution in [0, 0.1) is 0 Å². The molecule has 170 valence electrons. The molecule has 0 amide bonds. The summed E-state index contributed by atoms with van der Waals surface area (Å²) in [6.07, 6.45) is 7.86. The van der Waals surface area contributed by atoms with E-state index in [0.29, 0.717) is 18.7 Å². The second kappa shape index (κ2) is 12.5. The molecule has 1 saturated heterocycles. The van der Waals surface area contributed by atoms with Crippen LogP contribution < -0.4 is 5.32 Å². The van der Waals surface area contributed by atoms with Gasteiger partial charge in [-0.1, -0.05) is 12.2 Å². The molecule has 0 bridgehead atoms. The molecule has 1 unspecified atom stereocenters. The number of esters is 1. The monoisotopic (exact) mass is 541 g/mol. The largest absolute Gasteiger partial charge is 0.469 e. The van der Waals surface area contributed by atoms with Gasteiger partial charge in [0.1, 0.15) is 5.76 Å². The first-order valence-electron chi connectivity index (χ1n) is 10.5. The minimum absolute atomic E-state index is 0. The van der Waals surface area contributed by atoms with E-state index in [1.165, 1.54) is 0 Å². The van der Waals surface area contributed by atoms with Gasteiger partial charge >= 0.3 is 5.97 Å². The first-order valence-corrected chi connectivity index (χ1v) is 10.5. The number of guanidine groups is 1. The maximum atomic E-state index is 11.9. The number of nitrogens with zero attached hydrogens (tertiary/aromatic N) is 4. The van der Waals surface area contributed by atoms with E-state index in [4.69, 9.17) is 14.1 Å². The van der Waals surface area contributed by atoms with Gasteiger partial charge in [-0.25, -0.2) is 9.79 Å². The van der Waals surface area contributed by atoms with Crippen molar-refractivity contribution in [1.29, 1.82) is 0 Å². The summed E-state index contributed by atoms with van der Waals surface area (Å²) in [5, 5.41) is 7.88. The highest BCUT2D eigenvalue weighted by molar-refractivity contribution is 14.0. The molecule has 1 N–H and O–H groups in total. The summed E-state index contributed by atoms with van der Waals surface area (Å²) >= 11 is 0. The molecule has 0 aromatic carbocycles. The van der Waals surface area contributed by atoms with Gasteiger partial charge in [-0.2, -0.15) is 5.10 Å². The van der Waals surface area contributed by atoms with E-state index < -0.39 is 0 Å². The fourth-order valence-electron chi connectivity index (χ4n) is 3.45. The van der Waals surface area contributed by atoms with Crippen LogP contribution >= 0.6 is 24.0 Å². The molecule has 1 fully saturated rings. The third-order valence-corrected chi connectivity index (χ3v) is 4.92. The van der Waals surface area contributed by atoms with Crippen molar-refractivity contribution < 1.29 is 13.9 Å². The van der Waals surface area contributed by atoms with Crippen LogP contribution in [0.4, 0.5) is 0 Å². The lowest BCUT2D eigenvalue weighted by Gasteiger charge is -2.35. The van der Waals surface area contributed by atoms with Gasteiger partial charge in [-0.3, -0.25) is 4.68 Å². The Morgan fingerprint density at radius 1 is 1.48 bits per heavy atom. The number of likely N-dealkylation sites (tertiary alicyclic amines) is 1. The van der Waals surface area contributed by atoms with Gasteiger partial charge in [0.15, 0.2) is 5.96 Å². The summed E-state index contributed by atoms with van der Waals surface area (Å²) in [7, 11) is 0. The first-order chi connectivity index (χ1) is 14.6. The van der Waals surface area contributed by atoms with Crippen molar-refractivity contribution in [2.24, 2.45) is 4.99 Å². The van der Waals surface area contributed by atoms with Crippen LogP contribution in [0.25, 0.3) is 0 Å². The molecule has 0 saturated carbocycles. The zero-order valence-corrected chi connectivity index (χ0v) is 20.6. The number of carbonyl (C=O) groups excluding carboxylic acids is 1. The Balaban J connectivity index is 0.00000341. The average Bonchev–Trinajstić information content (AvgIpc) is 3.43. The fourth-order valence-corrected chi connectivity index (χ4v) is 3.45. The van der Waals surface area contributed by atoms with E-state index in [9.17, 15) is 4.79 Å². The third kappa shape index (κ3) is 7.41. The molecule has 8 nitrogen and oxygen atoms in total. The van der Waals surface area contributed by atoms with Crippen LogP contribution in [0.2, 0.25) is 0 Å². The lowest BCUT2D eigenvalue weighted by atomic mass is 10.1. The quantitative estimate of drug-likeness (QED) is 0.181. The molecule has 0 aliphatic carbocycles. The molecular weight excluding hydrogens is 509 g/mol. The van der Waals surface area contributed by atoms with Crippen molar-refractivity contribution in [2.45, 2.75) is 39.2 Å². The first kappa shape index (κ1) is 25.0. The number of furan rings is 1. The van der Waals surface area contributed by atoms with Crippen LogP contribution in [0.3, 0.4) is 0 Å². The molecule has 1 aliphatic heterocycles. The summed E-state index contributed by atoms with van der Waals surface area (Å²) in [6.45, 7) is 11.1. The maximum Gasteiger partial charge on any atom is 0.341 e. The number of aromatic nitrogens is 2. The van der Waals surface area contributed by atoms with E-state index >= 15 is 0 Å². The third-order valence-electron chi connectivity index (χ3n) is 4.92. The van der Waals surface area contributed by atoms with Crippen LogP contribution in [0.15, 0.2) is 52.4 Å². The highest BCUT2D eigenvalue weighted by Crippen LogP contribution is 2.21. The van der Waals surface area contributed by atoms with Crippen molar-refractivity contribution in [3.8, 4) is 0 Å². The van der Waals surface area contributed by atoms with Gasteiger partial charge in [-0.05, 0) is 38.8 Å². The van der Waals surface area contributed by atoms with E-state index in [-0.39, 0.29) is 36.0 Å². The zero-order chi connectivity index (χ0) is 21.3. The van der Waals surface area contributed by atoms with Gasteiger partial charge in [0.25, 0.3) is 0 Å². The van der Waals surface area contributed by atoms with Crippen molar-refractivity contribution in [2.75, 3.05) is 32.8 Å². The number of ether oxygens (including phenoxy) is 1. The van der Waals surface area contributed by atoms with Gasteiger partial charge < -0.3 is 19.4 Å². The summed E-state index contributed by atoms with van der Waals surface area (Å²) in [4.78, 5) is 19.0. The van der Waals surface area contributed by atoms with Crippen molar-refractivity contribution in [3.63, 3.8) is 0 Å². The molecule has 2 aromatic rings. The number of carbonyl (C=O) groups is 1. The van der Waals surface area contributed by atoms with E-state index in [0.717, 1.165) is 56.2 Å². The maximum absolute atomic E-state index is 11.9. The number of piperidine rings is 1. The van der Waals surface area contributed by atoms with E-state index in [1.54, 1.807) is 25.6 Å². The smallest absolute Gasteiger partial charge is 0.341 e. The van der Waals surface area contributed by atoms with Crippen LogP contribution in [-0.4, -0.2) is 59.4 Å². The highest BCUT2D eigenvalue weighted by Gasteiger charge is 2.25. The normalized spacial score (nSPS) is 16.5. The van der Waals surface area contributed by atoms with Gasteiger partial charge in [0, 0.05) is 32.3 Å². The Morgan fingerprint density at radius 2 is 2.32 bits per heavy atom. The summed E-state index contributed by atoms with van der Waals surface area (Å²) in [6, 6.07) is 4.04. The number of halogens is 1. The molecule has 2 aromatic heterocycles. The predicted molar refractivity (Wildman–Crippen MR) is 131 cm³/mol. The number of aliphatic imine (C=N–C) groups is 1. The summed E-state index contributed by atoms with van der Waals surface area (Å²) < 4.78 is 12.4. The van der Waals surface area contributed by atoms with Crippen LogP contribution in [0.1, 0.15) is 48.8 Å². The Bertz CT molecular complexity index is 862. The Labute approximate surface area is 200 Å². The Kier molecular flexibility index (Phi) is 10.1. The van der Waals surface area contributed by atoms with E-state index in [2.05, 4.69) is 21.9 Å². The molecule has 3 heterocycles. The molecular formula is C22H32IN5O3. The molecule has 3 rings (SSSR count). The second-order valence-corrected chi connectivity index (χ2v) is 7.52. The van der Waals surface area contributed by atoms with E-state index in [1.807, 2.05) is 23.7 Å². The number of hydrogen-bond donors (Lipinski definition) is 1. The van der Waals surface area contributed by atoms with Gasteiger partial charge in [-0.15, -0.1) is 24.0 Å². The van der Waals surface area contributed by atoms with Crippen molar-refractivity contribution in [1.82, 2.24) is 20.0 Å².